The average molecular weight is 244 g/mol. The van der Waals surface area contributed by atoms with Gasteiger partial charge in [0.1, 0.15) is 6.10 Å². The predicted octanol–water partition coefficient (Wildman–Crippen LogP) is 3.25. The van der Waals surface area contributed by atoms with Crippen molar-refractivity contribution in [2.24, 2.45) is 0 Å². The Morgan fingerprint density at radius 3 is 2.19 bits per heavy atom. The van der Waals surface area contributed by atoms with E-state index in [1.807, 2.05) is 0 Å². The van der Waals surface area contributed by atoms with E-state index in [4.69, 9.17) is 0 Å². The van der Waals surface area contributed by atoms with Crippen molar-refractivity contribution in [1.82, 2.24) is 0 Å². The molecule has 1 heterocycles. The summed E-state index contributed by atoms with van der Waals surface area (Å²) in [6.45, 7) is 0. The SMILES string of the molecule is OC(c1ccsc1)c1cc(F)c(F)c(F)c1. The minimum absolute atomic E-state index is 0.00481. The highest BCUT2D eigenvalue weighted by atomic mass is 32.1. The molecule has 2 aromatic rings. The zero-order valence-corrected chi connectivity index (χ0v) is 8.77. The van der Waals surface area contributed by atoms with Crippen molar-refractivity contribution in [3.05, 3.63) is 57.5 Å². The lowest BCUT2D eigenvalue weighted by Gasteiger charge is -2.09. The number of thiophene rings is 1. The molecule has 1 unspecified atom stereocenters. The van der Waals surface area contributed by atoms with Crippen LogP contribution in [0.4, 0.5) is 13.2 Å². The van der Waals surface area contributed by atoms with Crippen molar-refractivity contribution in [3.63, 3.8) is 0 Å². The summed E-state index contributed by atoms with van der Waals surface area (Å²) in [5.41, 5.74) is 0.519. The Balaban J connectivity index is 2.42. The Morgan fingerprint density at radius 2 is 1.69 bits per heavy atom. The number of benzene rings is 1. The highest BCUT2D eigenvalue weighted by Crippen LogP contribution is 2.26. The molecule has 0 amide bonds. The highest BCUT2D eigenvalue weighted by Gasteiger charge is 2.17. The van der Waals surface area contributed by atoms with Gasteiger partial charge in [-0.1, -0.05) is 0 Å². The number of aliphatic hydroxyl groups excluding tert-OH is 1. The lowest BCUT2D eigenvalue weighted by molar-refractivity contribution is 0.219. The topological polar surface area (TPSA) is 20.2 Å². The van der Waals surface area contributed by atoms with Gasteiger partial charge in [-0.05, 0) is 40.1 Å². The number of aliphatic hydroxyl groups is 1. The summed E-state index contributed by atoms with van der Waals surface area (Å²) in [5.74, 6) is -4.13. The van der Waals surface area contributed by atoms with Gasteiger partial charge in [0.25, 0.3) is 0 Å². The van der Waals surface area contributed by atoms with E-state index in [9.17, 15) is 18.3 Å². The third-order valence-corrected chi connectivity index (χ3v) is 2.88. The minimum Gasteiger partial charge on any atom is -0.384 e. The molecule has 1 N–H and O–H groups in total. The van der Waals surface area contributed by atoms with Gasteiger partial charge in [0.15, 0.2) is 17.5 Å². The molecule has 0 aliphatic heterocycles. The van der Waals surface area contributed by atoms with Crippen LogP contribution in [0.2, 0.25) is 0 Å². The molecule has 0 saturated heterocycles. The summed E-state index contributed by atoms with van der Waals surface area (Å²) in [4.78, 5) is 0. The first-order valence-electron chi connectivity index (χ1n) is 4.44. The van der Waals surface area contributed by atoms with Crippen LogP contribution in [-0.2, 0) is 0 Å². The van der Waals surface area contributed by atoms with E-state index in [-0.39, 0.29) is 5.56 Å². The fourth-order valence-corrected chi connectivity index (χ4v) is 2.03. The molecule has 1 nitrogen and oxygen atoms in total. The third-order valence-electron chi connectivity index (χ3n) is 2.18. The monoisotopic (exact) mass is 244 g/mol. The zero-order chi connectivity index (χ0) is 11.7. The molecule has 0 radical (unpaired) electrons. The lowest BCUT2D eigenvalue weighted by atomic mass is 10.0. The molecular weight excluding hydrogens is 237 g/mol. The Bertz CT molecular complexity index is 473. The fourth-order valence-electron chi connectivity index (χ4n) is 1.36. The molecule has 0 aliphatic rings. The van der Waals surface area contributed by atoms with Crippen LogP contribution in [0.1, 0.15) is 17.2 Å². The van der Waals surface area contributed by atoms with Crippen LogP contribution >= 0.6 is 11.3 Å². The van der Waals surface area contributed by atoms with Crippen LogP contribution in [0.5, 0.6) is 0 Å². The summed E-state index contributed by atoms with van der Waals surface area (Å²) >= 11 is 1.35. The Hall–Kier alpha value is -1.33. The summed E-state index contributed by atoms with van der Waals surface area (Å²) in [6, 6.07) is 3.22. The van der Waals surface area contributed by atoms with Gasteiger partial charge in [-0.15, -0.1) is 0 Å². The van der Waals surface area contributed by atoms with Gasteiger partial charge < -0.3 is 5.11 Å². The predicted molar refractivity (Wildman–Crippen MR) is 54.7 cm³/mol. The van der Waals surface area contributed by atoms with E-state index in [1.165, 1.54) is 11.3 Å². The van der Waals surface area contributed by atoms with E-state index in [1.54, 1.807) is 16.8 Å². The number of hydrogen-bond acceptors (Lipinski definition) is 2. The van der Waals surface area contributed by atoms with Gasteiger partial charge in [0.2, 0.25) is 0 Å². The van der Waals surface area contributed by atoms with Crippen molar-refractivity contribution in [3.8, 4) is 0 Å². The molecule has 2 rings (SSSR count). The smallest absolute Gasteiger partial charge is 0.194 e. The number of halogens is 3. The van der Waals surface area contributed by atoms with Gasteiger partial charge in [0, 0.05) is 0 Å². The molecule has 84 valence electrons. The van der Waals surface area contributed by atoms with E-state index in [0.717, 1.165) is 12.1 Å². The number of rotatable bonds is 2. The Labute approximate surface area is 93.8 Å². The van der Waals surface area contributed by atoms with Crippen molar-refractivity contribution in [2.75, 3.05) is 0 Å². The average Bonchev–Trinajstić information content (AvgIpc) is 2.77. The fraction of sp³-hybridized carbons (Fsp3) is 0.0909. The zero-order valence-electron chi connectivity index (χ0n) is 7.95. The van der Waals surface area contributed by atoms with E-state index >= 15 is 0 Å². The van der Waals surface area contributed by atoms with Crippen LogP contribution in [0.15, 0.2) is 29.0 Å². The summed E-state index contributed by atoms with van der Waals surface area (Å²) < 4.78 is 38.5. The molecule has 1 aromatic heterocycles. The standard InChI is InChI=1S/C11H7F3OS/c12-8-3-7(4-9(13)10(8)14)11(15)6-1-2-16-5-6/h1-5,11,15H. The molecule has 0 bridgehead atoms. The van der Waals surface area contributed by atoms with Crippen molar-refractivity contribution < 1.29 is 18.3 Å². The first kappa shape index (κ1) is 11.2. The molecule has 1 aromatic carbocycles. The molecule has 5 heteroatoms. The molecule has 16 heavy (non-hydrogen) atoms. The van der Waals surface area contributed by atoms with E-state index < -0.39 is 23.6 Å². The van der Waals surface area contributed by atoms with Crippen LogP contribution in [0.3, 0.4) is 0 Å². The Morgan fingerprint density at radius 1 is 1.06 bits per heavy atom. The quantitative estimate of drug-likeness (QED) is 0.804. The van der Waals surface area contributed by atoms with Crippen LogP contribution in [0.25, 0.3) is 0 Å². The maximum atomic E-state index is 12.9. The maximum absolute atomic E-state index is 12.9. The second-order valence-electron chi connectivity index (χ2n) is 3.26. The lowest BCUT2D eigenvalue weighted by Crippen LogP contribution is -2.02. The molecule has 0 aliphatic carbocycles. The van der Waals surface area contributed by atoms with E-state index in [0.29, 0.717) is 5.56 Å². The largest absolute Gasteiger partial charge is 0.384 e. The molecule has 0 fully saturated rings. The molecule has 0 saturated carbocycles. The molecular formula is C11H7F3OS. The van der Waals surface area contributed by atoms with Crippen LogP contribution in [-0.4, -0.2) is 5.11 Å². The first-order valence-corrected chi connectivity index (χ1v) is 5.38. The summed E-state index contributed by atoms with van der Waals surface area (Å²) in [7, 11) is 0. The normalized spacial score (nSPS) is 12.8. The van der Waals surface area contributed by atoms with Gasteiger partial charge in [-0.25, -0.2) is 13.2 Å². The molecule has 1 atom stereocenters. The van der Waals surface area contributed by atoms with Crippen molar-refractivity contribution in [1.29, 1.82) is 0 Å². The summed E-state index contributed by atoms with van der Waals surface area (Å²) in [6.07, 6.45) is -1.14. The third kappa shape index (κ3) is 1.96. The van der Waals surface area contributed by atoms with Gasteiger partial charge in [-0.2, -0.15) is 11.3 Å². The summed E-state index contributed by atoms with van der Waals surface area (Å²) in [5, 5.41) is 13.2. The van der Waals surface area contributed by atoms with Gasteiger partial charge >= 0.3 is 0 Å². The maximum Gasteiger partial charge on any atom is 0.194 e. The van der Waals surface area contributed by atoms with Gasteiger partial charge in [0.05, 0.1) is 0 Å². The second-order valence-corrected chi connectivity index (χ2v) is 4.04. The first-order chi connectivity index (χ1) is 7.59. The minimum atomic E-state index is -1.53. The second kappa shape index (κ2) is 4.27. The highest BCUT2D eigenvalue weighted by molar-refractivity contribution is 7.07. The van der Waals surface area contributed by atoms with E-state index in [2.05, 4.69) is 0 Å². The van der Waals surface area contributed by atoms with Gasteiger partial charge in [-0.3, -0.25) is 0 Å². The van der Waals surface area contributed by atoms with Crippen LogP contribution < -0.4 is 0 Å². The Kier molecular flexibility index (Phi) is 2.98. The molecule has 0 spiro atoms. The number of hydrogen-bond donors (Lipinski definition) is 1. The van der Waals surface area contributed by atoms with Crippen molar-refractivity contribution >= 4 is 11.3 Å². The van der Waals surface area contributed by atoms with Crippen molar-refractivity contribution in [2.45, 2.75) is 6.10 Å². The van der Waals surface area contributed by atoms with Crippen LogP contribution in [0, 0.1) is 17.5 Å².